The minimum absolute atomic E-state index is 0.209. The molecule has 1 fully saturated rings. The number of pyridine rings is 1. The minimum Gasteiger partial charge on any atom is -0.467 e. The summed E-state index contributed by atoms with van der Waals surface area (Å²) in [6.07, 6.45) is 5.18. The van der Waals surface area contributed by atoms with Crippen LogP contribution in [0.3, 0.4) is 0 Å². The molecule has 22 heavy (non-hydrogen) atoms. The highest BCUT2D eigenvalue weighted by Crippen LogP contribution is 2.27. The summed E-state index contributed by atoms with van der Waals surface area (Å²) in [5.74, 6) is 1.21. The maximum atomic E-state index is 11.9. The van der Waals surface area contributed by atoms with Gasteiger partial charge in [0.15, 0.2) is 5.82 Å². The number of aryl methyl sites for hydroxylation is 1. The molecule has 3 heterocycles. The highest BCUT2D eigenvalue weighted by Gasteiger charge is 2.32. The van der Waals surface area contributed by atoms with Gasteiger partial charge in [-0.05, 0) is 31.9 Å². The van der Waals surface area contributed by atoms with Gasteiger partial charge in [0.25, 0.3) is 0 Å². The molecule has 0 spiro atoms. The van der Waals surface area contributed by atoms with Crippen molar-refractivity contribution >= 4 is 11.8 Å². The first-order chi connectivity index (χ1) is 10.7. The molecule has 1 saturated heterocycles. The fraction of sp³-hybridized carbons (Fsp3) is 0.375. The number of methoxy groups -OCH3 is 1. The Morgan fingerprint density at radius 3 is 2.82 bits per heavy atom. The highest BCUT2D eigenvalue weighted by molar-refractivity contribution is 5.80. The van der Waals surface area contributed by atoms with E-state index in [2.05, 4.69) is 15.0 Å². The molecule has 6 nitrogen and oxygen atoms in total. The lowest BCUT2D eigenvalue weighted by Crippen LogP contribution is -2.37. The molecule has 0 aromatic carbocycles. The van der Waals surface area contributed by atoms with Gasteiger partial charge in [-0.3, -0.25) is 4.98 Å². The van der Waals surface area contributed by atoms with Crippen molar-refractivity contribution in [2.24, 2.45) is 0 Å². The number of nitrogens with zero attached hydrogens (tertiary/aromatic N) is 4. The van der Waals surface area contributed by atoms with Crippen molar-refractivity contribution in [3.05, 3.63) is 36.3 Å². The van der Waals surface area contributed by atoms with E-state index in [1.165, 1.54) is 7.11 Å². The van der Waals surface area contributed by atoms with Crippen LogP contribution in [0.25, 0.3) is 11.4 Å². The highest BCUT2D eigenvalue weighted by atomic mass is 16.5. The van der Waals surface area contributed by atoms with Gasteiger partial charge in [0.2, 0.25) is 0 Å². The maximum absolute atomic E-state index is 11.9. The molecule has 114 valence electrons. The second-order valence-electron chi connectivity index (χ2n) is 5.30. The zero-order valence-electron chi connectivity index (χ0n) is 12.7. The van der Waals surface area contributed by atoms with Gasteiger partial charge >= 0.3 is 5.97 Å². The Balaban J connectivity index is 1.98. The summed E-state index contributed by atoms with van der Waals surface area (Å²) >= 11 is 0. The molecule has 1 atom stereocenters. The number of aromatic nitrogens is 3. The molecule has 2 aromatic heterocycles. The molecular weight excluding hydrogens is 280 g/mol. The van der Waals surface area contributed by atoms with Gasteiger partial charge < -0.3 is 9.64 Å². The van der Waals surface area contributed by atoms with E-state index in [1.54, 1.807) is 12.4 Å². The Kier molecular flexibility index (Phi) is 4.00. The van der Waals surface area contributed by atoms with E-state index < -0.39 is 0 Å². The summed E-state index contributed by atoms with van der Waals surface area (Å²) in [6.45, 7) is 2.73. The van der Waals surface area contributed by atoms with Crippen LogP contribution in [0.4, 0.5) is 5.82 Å². The SMILES string of the molecule is COC(=O)[C@@H]1CCCN1c1cc(C)nc(-c2ccncc2)n1. The van der Waals surface area contributed by atoms with Crippen molar-refractivity contribution in [2.75, 3.05) is 18.6 Å². The van der Waals surface area contributed by atoms with Gasteiger partial charge in [-0.15, -0.1) is 0 Å². The first-order valence-corrected chi connectivity index (χ1v) is 7.29. The molecular formula is C16H18N4O2. The van der Waals surface area contributed by atoms with Crippen LogP contribution in [-0.4, -0.2) is 40.6 Å². The monoisotopic (exact) mass is 298 g/mol. The summed E-state index contributed by atoms with van der Waals surface area (Å²) in [5.41, 5.74) is 1.78. The lowest BCUT2D eigenvalue weighted by molar-refractivity contribution is -0.141. The van der Waals surface area contributed by atoms with Crippen molar-refractivity contribution in [3.8, 4) is 11.4 Å². The fourth-order valence-electron chi connectivity index (χ4n) is 2.75. The zero-order chi connectivity index (χ0) is 15.5. The molecule has 2 aromatic rings. The Morgan fingerprint density at radius 1 is 1.32 bits per heavy atom. The van der Waals surface area contributed by atoms with E-state index in [4.69, 9.17) is 4.74 Å². The van der Waals surface area contributed by atoms with Gasteiger partial charge in [0.1, 0.15) is 11.9 Å². The van der Waals surface area contributed by atoms with E-state index in [9.17, 15) is 4.79 Å². The maximum Gasteiger partial charge on any atom is 0.328 e. The van der Waals surface area contributed by atoms with Crippen LogP contribution in [0.5, 0.6) is 0 Å². The van der Waals surface area contributed by atoms with Crippen LogP contribution >= 0.6 is 0 Å². The first-order valence-electron chi connectivity index (χ1n) is 7.29. The van der Waals surface area contributed by atoms with Gasteiger partial charge in [0.05, 0.1) is 7.11 Å². The molecule has 3 rings (SSSR count). The van der Waals surface area contributed by atoms with Crippen molar-refractivity contribution in [1.29, 1.82) is 0 Å². The van der Waals surface area contributed by atoms with Crippen LogP contribution < -0.4 is 4.90 Å². The molecule has 0 unspecified atom stereocenters. The second kappa shape index (κ2) is 6.09. The number of rotatable bonds is 3. The number of ether oxygens (including phenoxy) is 1. The summed E-state index contributed by atoms with van der Waals surface area (Å²) in [5, 5.41) is 0. The minimum atomic E-state index is -0.260. The number of hydrogen-bond donors (Lipinski definition) is 0. The predicted molar refractivity (Wildman–Crippen MR) is 82.4 cm³/mol. The third-order valence-electron chi connectivity index (χ3n) is 3.80. The Bertz CT molecular complexity index is 675. The number of esters is 1. The van der Waals surface area contributed by atoms with E-state index in [-0.39, 0.29) is 12.0 Å². The largest absolute Gasteiger partial charge is 0.467 e. The molecule has 1 aliphatic rings. The van der Waals surface area contributed by atoms with Crippen molar-refractivity contribution in [1.82, 2.24) is 15.0 Å². The molecule has 0 aliphatic carbocycles. The molecule has 0 bridgehead atoms. The quantitative estimate of drug-likeness (QED) is 0.807. The van der Waals surface area contributed by atoms with Crippen LogP contribution in [0.1, 0.15) is 18.5 Å². The Labute approximate surface area is 129 Å². The topological polar surface area (TPSA) is 68.2 Å². The van der Waals surface area contributed by atoms with Crippen molar-refractivity contribution in [2.45, 2.75) is 25.8 Å². The third-order valence-corrected chi connectivity index (χ3v) is 3.80. The smallest absolute Gasteiger partial charge is 0.328 e. The fourth-order valence-corrected chi connectivity index (χ4v) is 2.75. The summed E-state index contributed by atoms with van der Waals surface area (Å²) in [6, 6.07) is 5.40. The average Bonchev–Trinajstić information content (AvgIpc) is 3.04. The Hall–Kier alpha value is -2.50. The number of anilines is 1. The van der Waals surface area contributed by atoms with Gasteiger partial charge in [0, 0.05) is 36.3 Å². The molecule has 0 radical (unpaired) electrons. The predicted octanol–water partition coefficient (Wildman–Crippen LogP) is 1.99. The third kappa shape index (κ3) is 2.77. The lowest BCUT2D eigenvalue weighted by Gasteiger charge is -2.24. The van der Waals surface area contributed by atoms with Crippen LogP contribution in [0.2, 0.25) is 0 Å². The van der Waals surface area contributed by atoms with E-state index in [0.717, 1.165) is 36.5 Å². The average molecular weight is 298 g/mol. The van der Waals surface area contributed by atoms with Gasteiger partial charge in [-0.1, -0.05) is 0 Å². The first kappa shape index (κ1) is 14.4. The molecule has 1 aliphatic heterocycles. The van der Waals surface area contributed by atoms with Gasteiger partial charge in [-0.25, -0.2) is 14.8 Å². The lowest BCUT2D eigenvalue weighted by atomic mass is 10.2. The second-order valence-corrected chi connectivity index (χ2v) is 5.30. The van der Waals surface area contributed by atoms with Gasteiger partial charge in [-0.2, -0.15) is 0 Å². The van der Waals surface area contributed by atoms with E-state index in [0.29, 0.717) is 5.82 Å². The number of hydrogen-bond acceptors (Lipinski definition) is 6. The molecule has 0 N–H and O–H groups in total. The number of carbonyl (C=O) groups is 1. The summed E-state index contributed by atoms with van der Waals surface area (Å²) < 4.78 is 4.90. The van der Waals surface area contributed by atoms with E-state index in [1.807, 2.05) is 30.0 Å². The van der Waals surface area contributed by atoms with Crippen molar-refractivity contribution in [3.63, 3.8) is 0 Å². The van der Waals surface area contributed by atoms with Crippen LogP contribution in [0, 0.1) is 6.92 Å². The summed E-state index contributed by atoms with van der Waals surface area (Å²) in [4.78, 5) is 27.1. The van der Waals surface area contributed by atoms with Crippen LogP contribution in [0.15, 0.2) is 30.6 Å². The summed E-state index contributed by atoms with van der Waals surface area (Å²) in [7, 11) is 1.42. The Morgan fingerprint density at radius 2 is 2.09 bits per heavy atom. The zero-order valence-corrected chi connectivity index (χ0v) is 12.7. The van der Waals surface area contributed by atoms with Crippen molar-refractivity contribution < 1.29 is 9.53 Å². The standard InChI is InChI=1S/C16H18N4O2/c1-11-10-14(20-9-3-4-13(20)16(21)22-2)19-15(18-11)12-5-7-17-8-6-12/h5-8,10,13H,3-4,9H2,1-2H3/t13-/m0/s1. The normalized spacial score (nSPS) is 17.5. The number of carbonyl (C=O) groups excluding carboxylic acids is 1. The molecule has 6 heteroatoms. The van der Waals surface area contributed by atoms with Crippen LogP contribution in [-0.2, 0) is 9.53 Å². The molecule has 0 amide bonds. The molecule has 0 saturated carbocycles. The van der Waals surface area contributed by atoms with E-state index >= 15 is 0 Å².